The Morgan fingerprint density at radius 2 is 1.29 bits per heavy atom. The molecule has 3 nitrogen and oxygen atoms in total. The summed E-state index contributed by atoms with van der Waals surface area (Å²) in [5.41, 5.74) is 8.65. The maximum absolute atomic E-state index is 14.7. The van der Waals surface area contributed by atoms with Crippen LogP contribution in [-0.2, 0) is 0 Å². The number of fused-ring (bicyclic) bond motifs is 7. The third kappa shape index (κ3) is 3.51. The third-order valence-electron chi connectivity index (χ3n) is 8.65. The van der Waals surface area contributed by atoms with Crippen LogP contribution in [0.1, 0.15) is 16.7 Å². The van der Waals surface area contributed by atoms with E-state index in [0.29, 0.717) is 48.1 Å². The standard InChI is InChI=1S/C35H22BCl2NO2S/c1-17-12-18(2)31(19(3)13-17)36-25-6-4-5-7-28(25)42-29-16-24-33-30(32(29)36)35(41)23-15-21(38)9-11-27(23)39(33)26-10-8-20(37)14-22(26)34(24)40/h4-16H,1-3H3. The van der Waals surface area contributed by atoms with E-state index in [0.717, 1.165) is 20.7 Å². The molecule has 0 amide bonds. The van der Waals surface area contributed by atoms with Crippen molar-refractivity contribution in [1.82, 2.24) is 4.40 Å². The van der Waals surface area contributed by atoms with Crippen LogP contribution in [-0.4, -0.2) is 11.1 Å². The normalized spacial score (nSPS) is 12.9. The van der Waals surface area contributed by atoms with Crippen molar-refractivity contribution < 1.29 is 0 Å². The first-order valence-electron chi connectivity index (χ1n) is 13.8. The van der Waals surface area contributed by atoms with Crippen LogP contribution in [0.3, 0.4) is 0 Å². The van der Waals surface area contributed by atoms with E-state index >= 15 is 0 Å². The number of hydrogen-bond acceptors (Lipinski definition) is 3. The van der Waals surface area contributed by atoms with Crippen molar-refractivity contribution in [3.63, 3.8) is 0 Å². The van der Waals surface area contributed by atoms with Crippen LogP contribution in [0, 0.1) is 20.8 Å². The van der Waals surface area contributed by atoms with Gasteiger partial charge in [-0.2, -0.15) is 0 Å². The summed E-state index contributed by atoms with van der Waals surface area (Å²) in [6.07, 6.45) is 0. The van der Waals surface area contributed by atoms with Gasteiger partial charge in [0.2, 0.25) is 6.71 Å². The van der Waals surface area contributed by atoms with Gasteiger partial charge in [-0.15, -0.1) is 0 Å². The van der Waals surface area contributed by atoms with Crippen molar-refractivity contribution in [3.8, 4) is 0 Å². The van der Waals surface area contributed by atoms with E-state index < -0.39 is 0 Å². The Hall–Kier alpha value is -3.77. The molecule has 8 rings (SSSR count). The Morgan fingerprint density at radius 3 is 1.95 bits per heavy atom. The molecule has 2 aromatic heterocycles. The fourth-order valence-electron chi connectivity index (χ4n) is 7.12. The van der Waals surface area contributed by atoms with E-state index in [4.69, 9.17) is 23.2 Å². The molecule has 1 aliphatic rings. The zero-order valence-electron chi connectivity index (χ0n) is 23.0. The van der Waals surface area contributed by atoms with Gasteiger partial charge in [-0.3, -0.25) is 9.59 Å². The molecular formula is C35H22BCl2NO2S. The molecule has 0 fully saturated rings. The lowest BCUT2D eigenvalue weighted by Crippen LogP contribution is -2.57. The average molecular weight is 602 g/mol. The molecule has 0 radical (unpaired) electrons. The molecule has 0 atom stereocenters. The summed E-state index contributed by atoms with van der Waals surface area (Å²) in [5.74, 6) is 0. The van der Waals surface area contributed by atoms with Crippen molar-refractivity contribution in [2.75, 3.05) is 0 Å². The first kappa shape index (κ1) is 25.9. The van der Waals surface area contributed by atoms with E-state index in [2.05, 4.69) is 55.5 Å². The van der Waals surface area contributed by atoms with Crippen molar-refractivity contribution in [3.05, 3.63) is 126 Å². The summed E-state index contributed by atoms with van der Waals surface area (Å²) in [4.78, 5) is 30.9. The molecule has 0 saturated heterocycles. The second-order valence-corrected chi connectivity index (χ2v) is 13.2. The van der Waals surface area contributed by atoms with Gasteiger partial charge >= 0.3 is 0 Å². The Labute approximate surface area is 256 Å². The molecule has 7 heteroatoms. The summed E-state index contributed by atoms with van der Waals surface area (Å²) in [6, 6.07) is 25.6. The third-order valence-corrected chi connectivity index (χ3v) is 10.3. The van der Waals surface area contributed by atoms with Gasteiger partial charge in [0.15, 0.2) is 10.9 Å². The minimum Gasteiger partial charge on any atom is -0.308 e. The maximum Gasteiger partial charge on any atom is 0.245 e. The number of nitrogens with zero attached hydrogens (tertiary/aromatic N) is 1. The van der Waals surface area contributed by atoms with E-state index in [9.17, 15) is 9.59 Å². The van der Waals surface area contributed by atoms with Gasteiger partial charge < -0.3 is 4.40 Å². The highest BCUT2D eigenvalue weighted by Crippen LogP contribution is 2.36. The zero-order valence-corrected chi connectivity index (χ0v) is 25.3. The maximum atomic E-state index is 14.7. The van der Waals surface area contributed by atoms with E-state index in [-0.39, 0.29) is 17.6 Å². The highest BCUT2D eigenvalue weighted by molar-refractivity contribution is 8.00. The molecule has 5 aromatic carbocycles. The molecule has 0 spiro atoms. The minimum absolute atomic E-state index is 0.116. The molecule has 0 aliphatic carbocycles. The van der Waals surface area contributed by atoms with Crippen molar-refractivity contribution in [1.29, 1.82) is 0 Å². The van der Waals surface area contributed by atoms with Gasteiger partial charge in [0.25, 0.3) is 0 Å². The number of pyridine rings is 2. The van der Waals surface area contributed by atoms with Gasteiger partial charge in [-0.25, -0.2) is 0 Å². The second kappa shape index (κ2) is 9.12. The summed E-state index contributed by atoms with van der Waals surface area (Å²) in [6.45, 7) is 6.22. The largest absolute Gasteiger partial charge is 0.308 e. The molecule has 0 unspecified atom stereocenters. The van der Waals surface area contributed by atoms with Crippen LogP contribution < -0.4 is 27.2 Å². The van der Waals surface area contributed by atoms with Crippen LogP contribution >= 0.6 is 35.0 Å². The molecule has 1 aliphatic heterocycles. The average Bonchev–Trinajstić information content (AvgIpc) is 2.95. The number of aromatic nitrogens is 1. The monoisotopic (exact) mass is 601 g/mol. The second-order valence-electron chi connectivity index (χ2n) is 11.3. The summed E-state index contributed by atoms with van der Waals surface area (Å²) in [5, 5.41) is 3.08. The predicted octanol–water partition coefficient (Wildman–Crippen LogP) is 6.77. The summed E-state index contributed by atoms with van der Waals surface area (Å²) >= 11 is 14.5. The van der Waals surface area contributed by atoms with Crippen LogP contribution in [0.15, 0.2) is 98.2 Å². The van der Waals surface area contributed by atoms with Gasteiger partial charge in [-0.05, 0) is 74.8 Å². The predicted molar refractivity (Wildman–Crippen MR) is 180 cm³/mol. The highest BCUT2D eigenvalue weighted by atomic mass is 35.5. The number of aryl methyl sites for hydroxylation is 3. The molecule has 0 bridgehead atoms. The molecular weight excluding hydrogens is 580 g/mol. The Morgan fingerprint density at radius 1 is 0.667 bits per heavy atom. The Balaban J connectivity index is 1.68. The van der Waals surface area contributed by atoms with Crippen molar-refractivity contribution >= 4 is 96.2 Å². The first-order chi connectivity index (χ1) is 20.2. The first-order valence-corrected chi connectivity index (χ1v) is 15.3. The number of benzene rings is 5. The quantitative estimate of drug-likeness (QED) is 0.118. The highest BCUT2D eigenvalue weighted by Gasteiger charge is 2.37. The lowest BCUT2D eigenvalue weighted by Gasteiger charge is -2.30. The number of halogens is 2. The van der Waals surface area contributed by atoms with Crippen molar-refractivity contribution in [2.45, 2.75) is 30.6 Å². The van der Waals surface area contributed by atoms with Crippen LogP contribution in [0.25, 0.3) is 38.1 Å². The van der Waals surface area contributed by atoms with Gasteiger partial charge in [0, 0.05) is 41.4 Å². The van der Waals surface area contributed by atoms with Crippen LogP contribution in [0.2, 0.25) is 10.0 Å². The van der Waals surface area contributed by atoms with E-state index in [1.807, 2.05) is 24.3 Å². The van der Waals surface area contributed by atoms with Gasteiger partial charge in [0.05, 0.1) is 16.6 Å². The van der Waals surface area contributed by atoms with Crippen LogP contribution in [0.5, 0.6) is 0 Å². The lowest BCUT2D eigenvalue weighted by atomic mass is 9.34. The Bertz CT molecular complexity index is 2410. The van der Waals surface area contributed by atoms with E-state index in [1.165, 1.54) is 22.2 Å². The fraction of sp³-hybridized carbons (Fsp3) is 0.0857. The number of hydrogen-bond donors (Lipinski definition) is 0. The molecule has 42 heavy (non-hydrogen) atoms. The molecule has 0 saturated carbocycles. The van der Waals surface area contributed by atoms with Crippen molar-refractivity contribution in [2.24, 2.45) is 0 Å². The minimum atomic E-state index is -0.188. The fourth-order valence-corrected chi connectivity index (χ4v) is 8.66. The van der Waals surface area contributed by atoms with Gasteiger partial charge in [0.1, 0.15) is 0 Å². The van der Waals surface area contributed by atoms with E-state index in [1.54, 1.807) is 36.0 Å². The number of rotatable bonds is 1. The molecule has 7 aromatic rings. The molecule has 3 heterocycles. The van der Waals surface area contributed by atoms with Crippen LogP contribution in [0.4, 0.5) is 0 Å². The SMILES string of the molecule is Cc1cc(C)c(B2c3ccccc3Sc3cc4c(=O)c5cc(Cl)ccc5n5c6ccc(Cl)cc6c(=O)c(c32)c45)c(C)c1. The van der Waals surface area contributed by atoms with Gasteiger partial charge in [-0.1, -0.05) is 92.9 Å². The summed E-state index contributed by atoms with van der Waals surface area (Å²) < 4.78 is 2.06. The summed E-state index contributed by atoms with van der Waals surface area (Å²) in [7, 11) is 0. The Kier molecular flexibility index (Phi) is 5.62. The smallest absolute Gasteiger partial charge is 0.245 e. The molecule has 0 N–H and O–H groups in total. The topological polar surface area (TPSA) is 38.5 Å². The molecule has 202 valence electrons. The zero-order chi connectivity index (χ0) is 29.0. The lowest BCUT2D eigenvalue weighted by molar-refractivity contribution is 1.30.